The molecule has 0 aliphatic carbocycles. The van der Waals surface area contributed by atoms with Crippen LogP contribution in [0.25, 0.3) is 0 Å². The Labute approximate surface area is 152 Å². The van der Waals surface area contributed by atoms with Gasteiger partial charge in [-0.2, -0.15) is 0 Å². The average Bonchev–Trinajstić information content (AvgIpc) is 2.64. The molecule has 0 aromatic heterocycles. The third kappa shape index (κ3) is 6.27. The number of ether oxygens (including phenoxy) is 3. The predicted molar refractivity (Wildman–Crippen MR) is 93.7 cm³/mol. The van der Waals surface area contributed by atoms with E-state index in [1.54, 1.807) is 6.92 Å². The first-order valence-electron chi connectivity index (χ1n) is 8.56. The van der Waals surface area contributed by atoms with Crippen LogP contribution in [0.15, 0.2) is 30.3 Å². The molecule has 2 amide bonds. The van der Waals surface area contributed by atoms with Crippen molar-refractivity contribution in [3.05, 3.63) is 30.3 Å². The number of nitrogens with one attached hydrogen (secondary N) is 2. The number of carbonyl (C=O) groups is 3. The second-order valence-electron chi connectivity index (χ2n) is 6.33. The summed E-state index contributed by atoms with van der Waals surface area (Å²) in [5.74, 6) is -0.439. The number of carbonyl (C=O) groups excluding carboxylic acids is 3. The van der Waals surface area contributed by atoms with Crippen LogP contribution in [0.5, 0.6) is 0 Å². The molecule has 1 aromatic rings. The minimum absolute atomic E-state index is 0.0366. The summed E-state index contributed by atoms with van der Waals surface area (Å²) in [5, 5.41) is 5.51. The van der Waals surface area contributed by atoms with Crippen molar-refractivity contribution in [2.45, 2.75) is 26.2 Å². The van der Waals surface area contributed by atoms with E-state index in [2.05, 4.69) is 10.6 Å². The van der Waals surface area contributed by atoms with Gasteiger partial charge in [-0.1, -0.05) is 18.2 Å². The number of hydrogen-bond donors (Lipinski definition) is 2. The number of rotatable bonds is 8. The minimum atomic E-state index is -0.953. The number of urea groups is 1. The Morgan fingerprint density at radius 1 is 1.12 bits per heavy atom. The molecule has 0 saturated carbocycles. The Morgan fingerprint density at radius 3 is 2.50 bits per heavy atom. The topological polar surface area (TPSA) is 103 Å². The lowest BCUT2D eigenvalue weighted by molar-refractivity contribution is -0.166. The predicted octanol–water partition coefficient (Wildman–Crippen LogP) is 2.69. The lowest BCUT2D eigenvalue weighted by Crippen LogP contribution is -2.44. The van der Waals surface area contributed by atoms with Crippen LogP contribution in [-0.2, 0) is 19.0 Å². The molecule has 0 unspecified atom stereocenters. The van der Waals surface area contributed by atoms with Crippen LogP contribution in [0, 0.1) is 5.41 Å². The quantitative estimate of drug-likeness (QED) is 0.543. The van der Waals surface area contributed by atoms with Crippen LogP contribution >= 0.6 is 0 Å². The lowest BCUT2D eigenvalue weighted by atomic mass is 9.93. The molecule has 2 rings (SSSR count). The number of anilines is 1. The standard InChI is InChI=1S/C18H24N2O6/c1-18(12-25-17(23)26-13-18)15(21)24-11-7-3-6-10-19-16(22)20-14-8-4-2-5-9-14/h2,4-5,8-9H,3,6-7,10-13H2,1H3,(H2,19,20,22). The minimum Gasteiger partial charge on any atom is -0.465 e. The molecule has 26 heavy (non-hydrogen) atoms. The van der Waals surface area contributed by atoms with E-state index in [9.17, 15) is 14.4 Å². The van der Waals surface area contributed by atoms with Gasteiger partial charge < -0.3 is 24.8 Å². The Bertz CT molecular complexity index is 609. The number of cyclic esters (lactones) is 2. The van der Waals surface area contributed by atoms with Gasteiger partial charge in [-0.05, 0) is 38.3 Å². The largest absolute Gasteiger partial charge is 0.508 e. The molecule has 1 aliphatic heterocycles. The second kappa shape index (κ2) is 9.65. The average molecular weight is 364 g/mol. The summed E-state index contributed by atoms with van der Waals surface area (Å²) in [6.07, 6.45) is 1.50. The molecule has 0 bridgehead atoms. The van der Waals surface area contributed by atoms with Gasteiger partial charge in [0, 0.05) is 12.2 Å². The molecule has 1 aliphatic rings. The highest BCUT2D eigenvalue weighted by atomic mass is 16.7. The van der Waals surface area contributed by atoms with Gasteiger partial charge in [-0.3, -0.25) is 4.79 Å². The number of amides is 2. The smallest absolute Gasteiger partial charge is 0.465 e. The summed E-state index contributed by atoms with van der Waals surface area (Å²) >= 11 is 0. The molecule has 1 heterocycles. The fourth-order valence-corrected chi connectivity index (χ4v) is 2.28. The van der Waals surface area contributed by atoms with Gasteiger partial charge in [0.1, 0.15) is 18.6 Å². The molecule has 142 valence electrons. The molecule has 0 spiro atoms. The van der Waals surface area contributed by atoms with E-state index in [1.165, 1.54) is 0 Å². The third-order valence-corrected chi connectivity index (χ3v) is 3.88. The maximum absolute atomic E-state index is 12.0. The molecule has 0 atom stereocenters. The van der Waals surface area contributed by atoms with Crippen molar-refractivity contribution in [1.82, 2.24) is 5.32 Å². The van der Waals surface area contributed by atoms with Gasteiger partial charge in [0.05, 0.1) is 6.61 Å². The molecule has 1 saturated heterocycles. The second-order valence-corrected chi connectivity index (χ2v) is 6.33. The van der Waals surface area contributed by atoms with E-state index < -0.39 is 17.5 Å². The zero-order valence-corrected chi connectivity index (χ0v) is 14.8. The van der Waals surface area contributed by atoms with Crippen LogP contribution in [0.1, 0.15) is 26.2 Å². The lowest BCUT2D eigenvalue weighted by Gasteiger charge is -2.29. The molecule has 8 heteroatoms. The van der Waals surface area contributed by atoms with E-state index in [4.69, 9.17) is 14.2 Å². The third-order valence-electron chi connectivity index (χ3n) is 3.88. The fourth-order valence-electron chi connectivity index (χ4n) is 2.28. The van der Waals surface area contributed by atoms with Crippen molar-refractivity contribution in [2.75, 3.05) is 31.7 Å². The Morgan fingerprint density at radius 2 is 1.81 bits per heavy atom. The highest BCUT2D eigenvalue weighted by Gasteiger charge is 2.41. The van der Waals surface area contributed by atoms with Crippen LogP contribution < -0.4 is 10.6 Å². The summed E-state index contributed by atoms with van der Waals surface area (Å²) in [4.78, 5) is 34.6. The van der Waals surface area contributed by atoms with Crippen LogP contribution in [0.4, 0.5) is 15.3 Å². The van der Waals surface area contributed by atoms with Gasteiger partial charge >= 0.3 is 18.2 Å². The fraction of sp³-hybridized carbons (Fsp3) is 0.500. The highest BCUT2D eigenvalue weighted by Crippen LogP contribution is 2.24. The summed E-state index contributed by atoms with van der Waals surface area (Å²) < 4.78 is 14.7. The maximum Gasteiger partial charge on any atom is 0.508 e. The maximum atomic E-state index is 12.0. The van der Waals surface area contributed by atoms with Crippen LogP contribution in [0.2, 0.25) is 0 Å². The van der Waals surface area contributed by atoms with Gasteiger partial charge in [0.25, 0.3) is 0 Å². The molecule has 8 nitrogen and oxygen atoms in total. The van der Waals surface area contributed by atoms with Gasteiger partial charge in [0.2, 0.25) is 0 Å². The Kier molecular flexibility index (Phi) is 7.25. The van der Waals surface area contributed by atoms with E-state index in [-0.39, 0.29) is 25.9 Å². The number of unbranched alkanes of at least 4 members (excludes halogenated alkanes) is 2. The number of benzene rings is 1. The van der Waals surface area contributed by atoms with Crippen molar-refractivity contribution < 1.29 is 28.6 Å². The summed E-state index contributed by atoms with van der Waals surface area (Å²) in [6, 6.07) is 8.95. The first-order chi connectivity index (χ1) is 12.5. The van der Waals surface area contributed by atoms with Gasteiger partial charge in [-0.15, -0.1) is 0 Å². The first-order valence-corrected chi connectivity index (χ1v) is 8.56. The van der Waals surface area contributed by atoms with Gasteiger partial charge in [0.15, 0.2) is 0 Å². The summed E-state index contributed by atoms with van der Waals surface area (Å²) in [6.45, 7) is 2.37. The zero-order valence-electron chi connectivity index (χ0n) is 14.8. The van der Waals surface area contributed by atoms with E-state index in [1.807, 2.05) is 30.3 Å². The van der Waals surface area contributed by atoms with E-state index >= 15 is 0 Å². The zero-order chi connectivity index (χ0) is 18.8. The van der Waals surface area contributed by atoms with Crippen molar-refractivity contribution in [3.63, 3.8) is 0 Å². The Hall–Kier alpha value is -2.77. The molecule has 1 fully saturated rings. The van der Waals surface area contributed by atoms with Crippen molar-refractivity contribution in [2.24, 2.45) is 5.41 Å². The van der Waals surface area contributed by atoms with Crippen molar-refractivity contribution in [3.8, 4) is 0 Å². The van der Waals surface area contributed by atoms with Crippen molar-refractivity contribution in [1.29, 1.82) is 0 Å². The summed E-state index contributed by atoms with van der Waals surface area (Å²) in [5.41, 5.74) is -0.215. The SMILES string of the molecule is CC1(C(=O)OCCCCCNC(=O)Nc2ccccc2)COC(=O)OC1. The normalized spacial score (nSPS) is 15.3. The van der Waals surface area contributed by atoms with Crippen molar-refractivity contribution >= 4 is 23.8 Å². The molecular weight excluding hydrogens is 340 g/mol. The van der Waals surface area contributed by atoms with Gasteiger partial charge in [-0.25, -0.2) is 9.59 Å². The Balaban J connectivity index is 1.51. The summed E-state index contributed by atoms with van der Waals surface area (Å²) in [7, 11) is 0. The molecular formula is C18H24N2O6. The molecule has 1 aromatic carbocycles. The molecule has 2 N–H and O–H groups in total. The first kappa shape index (κ1) is 19.6. The highest BCUT2D eigenvalue weighted by molar-refractivity contribution is 5.89. The van der Waals surface area contributed by atoms with E-state index in [0.717, 1.165) is 18.5 Å². The number of para-hydroxylation sites is 1. The van der Waals surface area contributed by atoms with Crippen LogP contribution in [-0.4, -0.2) is 44.5 Å². The van der Waals surface area contributed by atoms with E-state index in [0.29, 0.717) is 13.0 Å². The monoisotopic (exact) mass is 364 g/mol. The van der Waals surface area contributed by atoms with Crippen LogP contribution in [0.3, 0.4) is 0 Å². The number of hydrogen-bond acceptors (Lipinski definition) is 6. The number of esters is 1. The molecule has 0 radical (unpaired) electrons.